The summed E-state index contributed by atoms with van der Waals surface area (Å²) in [6, 6.07) is 12.3. The van der Waals surface area contributed by atoms with E-state index >= 15 is 0 Å². The molecule has 172 valence electrons. The number of likely N-dealkylation sites (tertiary alicyclic amines) is 1. The Morgan fingerprint density at radius 3 is 2.84 bits per heavy atom. The maximum atomic E-state index is 12.6. The number of piperidine rings is 1. The van der Waals surface area contributed by atoms with Crippen LogP contribution in [0, 0.1) is 6.92 Å². The first kappa shape index (κ1) is 22.5. The number of hydrogen-bond acceptors (Lipinski definition) is 6. The summed E-state index contributed by atoms with van der Waals surface area (Å²) in [4.78, 5) is 2.35. The molecule has 2 heterocycles. The predicted octanol–water partition coefficient (Wildman–Crippen LogP) is 2.43. The average Bonchev–Trinajstić information content (AvgIpc) is 3.22. The first-order chi connectivity index (χ1) is 15.2. The molecule has 1 aromatic heterocycles. The summed E-state index contributed by atoms with van der Waals surface area (Å²) in [5.74, 6) is 6.08. The highest BCUT2D eigenvalue weighted by atomic mass is 32.2. The van der Waals surface area contributed by atoms with Crippen molar-refractivity contribution in [2.24, 2.45) is 5.84 Å². The monoisotopic (exact) mass is 457 g/mol. The molecule has 4 N–H and O–H groups in total. The molecular formula is C22H31N7O2S. The number of benzene rings is 2. The molecule has 1 aliphatic rings. The molecule has 0 amide bonds. The normalized spacial score (nSPS) is 17.7. The van der Waals surface area contributed by atoms with E-state index in [9.17, 15) is 8.42 Å². The Hall–Kier alpha value is -2.66. The fourth-order valence-electron chi connectivity index (χ4n) is 4.14. The molecule has 9 nitrogen and oxygen atoms in total. The van der Waals surface area contributed by atoms with E-state index in [1.54, 1.807) is 0 Å². The van der Waals surface area contributed by atoms with Gasteiger partial charge >= 0.3 is 10.2 Å². The predicted molar refractivity (Wildman–Crippen MR) is 128 cm³/mol. The lowest BCUT2D eigenvalue weighted by atomic mass is 10.0. The van der Waals surface area contributed by atoms with E-state index < -0.39 is 10.2 Å². The molecule has 1 saturated heterocycles. The van der Waals surface area contributed by atoms with E-state index in [2.05, 4.69) is 32.5 Å². The Bertz CT molecular complexity index is 1190. The summed E-state index contributed by atoms with van der Waals surface area (Å²) in [6.45, 7) is 4.38. The van der Waals surface area contributed by atoms with Crippen molar-refractivity contribution in [2.75, 3.05) is 36.9 Å². The van der Waals surface area contributed by atoms with Crippen molar-refractivity contribution >= 4 is 32.5 Å². The summed E-state index contributed by atoms with van der Waals surface area (Å²) in [5, 5.41) is 11.8. The zero-order valence-electron chi connectivity index (χ0n) is 18.7. The van der Waals surface area contributed by atoms with E-state index in [0.717, 1.165) is 62.4 Å². The number of aromatic amines is 1. The molecule has 1 atom stereocenters. The largest absolute Gasteiger partial charge is 0.381 e. The van der Waals surface area contributed by atoms with Gasteiger partial charge in [0.15, 0.2) is 0 Å². The quantitative estimate of drug-likeness (QED) is 0.371. The van der Waals surface area contributed by atoms with Crippen molar-refractivity contribution in [1.29, 1.82) is 0 Å². The van der Waals surface area contributed by atoms with Crippen LogP contribution in [0.1, 0.15) is 24.0 Å². The van der Waals surface area contributed by atoms with Crippen LogP contribution in [0.2, 0.25) is 0 Å². The van der Waals surface area contributed by atoms with Gasteiger partial charge in [-0.1, -0.05) is 12.1 Å². The highest BCUT2D eigenvalue weighted by Crippen LogP contribution is 2.27. The lowest BCUT2D eigenvalue weighted by molar-refractivity contribution is 0.209. The standard InChI is InChI=1S/C22H31N7O2S/c1-16-6-7-17(22(11-16)29(23)32(30,31)27(2)3)14-28-10-4-5-20(15-28)25-19-8-9-21-18(12-19)13-24-26-21/h6-9,11-13,20,25H,4-5,10,14-15,23H2,1-3H3,(H,24,26)/t20-/m1/s1. The minimum absolute atomic E-state index is 0.307. The number of rotatable bonds is 7. The molecule has 0 radical (unpaired) electrons. The number of nitrogens with zero attached hydrogens (tertiary/aromatic N) is 4. The van der Waals surface area contributed by atoms with Gasteiger partial charge in [-0.3, -0.25) is 10.00 Å². The number of hydrogen-bond donors (Lipinski definition) is 3. The second kappa shape index (κ2) is 9.07. The van der Waals surface area contributed by atoms with E-state index in [1.807, 2.05) is 37.4 Å². The zero-order valence-corrected chi connectivity index (χ0v) is 19.6. The van der Waals surface area contributed by atoms with Gasteiger partial charge < -0.3 is 5.32 Å². The van der Waals surface area contributed by atoms with Gasteiger partial charge in [-0.05, 0) is 61.7 Å². The third-order valence-corrected chi connectivity index (χ3v) is 7.52. The van der Waals surface area contributed by atoms with Crippen molar-refractivity contribution in [3.8, 4) is 0 Å². The van der Waals surface area contributed by atoms with Crippen LogP contribution in [-0.4, -0.2) is 61.0 Å². The second-order valence-corrected chi connectivity index (χ2v) is 10.6. The van der Waals surface area contributed by atoms with Crippen LogP contribution >= 0.6 is 0 Å². The molecule has 2 aromatic carbocycles. The highest BCUT2D eigenvalue weighted by molar-refractivity contribution is 7.90. The van der Waals surface area contributed by atoms with Gasteiger partial charge in [0.05, 0.1) is 17.4 Å². The number of H-pyrrole nitrogens is 1. The molecule has 1 aliphatic heterocycles. The van der Waals surface area contributed by atoms with Crippen LogP contribution in [0.5, 0.6) is 0 Å². The van der Waals surface area contributed by atoms with Gasteiger partial charge in [0.2, 0.25) is 0 Å². The summed E-state index contributed by atoms with van der Waals surface area (Å²) in [7, 11) is -0.811. The Labute approximate surface area is 189 Å². The Kier molecular flexibility index (Phi) is 6.38. The number of fused-ring (bicyclic) bond motifs is 1. The average molecular weight is 458 g/mol. The molecule has 0 bridgehead atoms. The molecule has 1 fully saturated rings. The summed E-state index contributed by atoms with van der Waals surface area (Å²) < 4.78 is 27.2. The number of nitrogens with one attached hydrogen (secondary N) is 2. The van der Waals surface area contributed by atoms with Crippen molar-refractivity contribution < 1.29 is 8.42 Å². The van der Waals surface area contributed by atoms with Crippen LogP contribution in [0.4, 0.5) is 11.4 Å². The third kappa shape index (κ3) is 4.73. The minimum Gasteiger partial charge on any atom is -0.381 e. The first-order valence-corrected chi connectivity index (χ1v) is 12.1. The first-order valence-electron chi connectivity index (χ1n) is 10.7. The molecule has 0 unspecified atom stereocenters. The lowest BCUT2D eigenvalue weighted by Gasteiger charge is -2.34. The molecule has 4 rings (SSSR count). The van der Waals surface area contributed by atoms with Crippen LogP contribution in [0.15, 0.2) is 42.6 Å². The van der Waals surface area contributed by atoms with E-state index in [1.165, 1.54) is 14.1 Å². The molecule has 0 aliphatic carbocycles. The summed E-state index contributed by atoms with van der Waals surface area (Å²) >= 11 is 0. The van der Waals surface area contributed by atoms with Crippen molar-refractivity contribution in [2.45, 2.75) is 32.4 Å². The summed E-state index contributed by atoms with van der Waals surface area (Å²) in [5.41, 5.74) is 4.46. The number of anilines is 2. The Balaban J connectivity index is 1.49. The van der Waals surface area contributed by atoms with Gasteiger partial charge in [-0.2, -0.15) is 22.2 Å². The lowest BCUT2D eigenvalue weighted by Crippen LogP contribution is -2.46. The van der Waals surface area contributed by atoms with Gasteiger partial charge in [0.1, 0.15) is 0 Å². The van der Waals surface area contributed by atoms with Crippen LogP contribution in [-0.2, 0) is 16.8 Å². The van der Waals surface area contributed by atoms with Crippen molar-refractivity contribution in [3.63, 3.8) is 0 Å². The fourth-order valence-corrected chi connectivity index (χ4v) is 4.91. The molecule has 0 spiro atoms. The summed E-state index contributed by atoms with van der Waals surface area (Å²) in [6.07, 6.45) is 3.97. The minimum atomic E-state index is -3.77. The van der Waals surface area contributed by atoms with Crippen LogP contribution in [0.25, 0.3) is 10.9 Å². The number of aromatic nitrogens is 2. The van der Waals surface area contributed by atoms with Crippen LogP contribution in [0.3, 0.4) is 0 Å². The zero-order chi connectivity index (χ0) is 22.9. The van der Waals surface area contributed by atoms with E-state index in [0.29, 0.717) is 18.3 Å². The number of hydrazine groups is 1. The fraction of sp³-hybridized carbons (Fsp3) is 0.409. The highest BCUT2D eigenvalue weighted by Gasteiger charge is 2.26. The maximum absolute atomic E-state index is 12.6. The Morgan fingerprint density at radius 2 is 2.06 bits per heavy atom. The van der Waals surface area contributed by atoms with Gasteiger partial charge in [-0.15, -0.1) is 0 Å². The van der Waals surface area contributed by atoms with Gasteiger partial charge in [-0.25, -0.2) is 5.84 Å². The van der Waals surface area contributed by atoms with E-state index in [-0.39, 0.29) is 0 Å². The third-order valence-electron chi connectivity index (χ3n) is 5.90. The van der Waals surface area contributed by atoms with Gasteiger partial charge in [0.25, 0.3) is 0 Å². The Morgan fingerprint density at radius 1 is 1.25 bits per heavy atom. The second-order valence-electron chi connectivity index (χ2n) is 8.61. The molecule has 32 heavy (non-hydrogen) atoms. The van der Waals surface area contributed by atoms with Gasteiger partial charge in [0, 0.05) is 44.3 Å². The van der Waals surface area contributed by atoms with E-state index in [4.69, 9.17) is 5.84 Å². The topological polar surface area (TPSA) is 111 Å². The molecule has 10 heteroatoms. The molecular weight excluding hydrogens is 426 g/mol. The van der Waals surface area contributed by atoms with Crippen molar-refractivity contribution in [3.05, 3.63) is 53.7 Å². The molecule has 0 saturated carbocycles. The van der Waals surface area contributed by atoms with Crippen LogP contribution < -0.4 is 15.6 Å². The smallest absolute Gasteiger partial charge is 0.316 e. The SMILES string of the molecule is Cc1ccc(CN2CCC[C@@H](Nc3ccc4[nH]ncc4c3)C2)c(N(N)S(=O)(=O)N(C)C)c1. The molecule has 3 aromatic rings. The maximum Gasteiger partial charge on any atom is 0.316 e. The number of nitrogens with two attached hydrogens (primary N) is 1. The number of aryl methyl sites for hydroxylation is 1. The van der Waals surface area contributed by atoms with Crippen molar-refractivity contribution in [1.82, 2.24) is 19.4 Å².